The highest BCUT2D eigenvalue weighted by molar-refractivity contribution is 6.30. The number of rotatable bonds is 8. The maximum atomic E-state index is 13.8. The molecule has 0 nitrogen and oxygen atoms in total. The van der Waals surface area contributed by atoms with Crippen LogP contribution in [0.2, 0.25) is 5.02 Å². The number of benzene rings is 2. The Bertz CT molecular complexity index is 893. The molecule has 2 aromatic carbocycles. The van der Waals surface area contributed by atoms with Gasteiger partial charge < -0.3 is 0 Å². The Morgan fingerprint density at radius 2 is 1.77 bits per heavy atom. The van der Waals surface area contributed by atoms with E-state index < -0.39 is 0 Å². The summed E-state index contributed by atoms with van der Waals surface area (Å²) in [6.07, 6.45) is 18.0. The maximum absolute atomic E-state index is 13.8. The van der Waals surface area contributed by atoms with Gasteiger partial charge in [-0.15, -0.1) is 0 Å². The molecular formula is C29H34ClF. The Balaban J connectivity index is 1.41. The normalized spacial score (nSPS) is 18.7. The zero-order chi connectivity index (χ0) is 21.9. The molecule has 0 radical (unpaired) electrons. The van der Waals surface area contributed by atoms with Crippen LogP contribution in [0.5, 0.6) is 0 Å². The minimum atomic E-state index is -0.377. The molecule has 0 amide bonds. The second-order valence-electron chi connectivity index (χ2n) is 8.81. The molecule has 0 bridgehead atoms. The van der Waals surface area contributed by atoms with Gasteiger partial charge in [0.05, 0.1) is 5.56 Å². The van der Waals surface area contributed by atoms with E-state index in [0.717, 1.165) is 23.8 Å². The van der Waals surface area contributed by atoms with Crippen molar-refractivity contribution in [2.24, 2.45) is 11.8 Å². The molecule has 2 heteroatoms. The first kappa shape index (κ1) is 23.6. The van der Waals surface area contributed by atoms with E-state index in [-0.39, 0.29) is 5.82 Å². The number of hydrogen-bond acceptors (Lipinski definition) is 0. The van der Waals surface area contributed by atoms with E-state index in [0.29, 0.717) is 10.6 Å². The van der Waals surface area contributed by atoms with Gasteiger partial charge in [-0.2, -0.15) is 0 Å². The summed E-state index contributed by atoms with van der Waals surface area (Å²) < 4.78 is 13.8. The lowest BCUT2D eigenvalue weighted by atomic mass is 9.79. The van der Waals surface area contributed by atoms with E-state index in [1.807, 2.05) is 12.1 Å². The zero-order valence-electron chi connectivity index (χ0n) is 18.7. The summed E-state index contributed by atoms with van der Waals surface area (Å²) in [4.78, 5) is 0. The van der Waals surface area contributed by atoms with Gasteiger partial charge in [0.1, 0.15) is 5.82 Å². The SMILES string of the molecule is CCCCC/C=C/C1CCC(CCc2ccc(C#Cc3ccc(Cl)cc3F)cc2)CC1. The summed E-state index contributed by atoms with van der Waals surface area (Å²) in [5.41, 5.74) is 2.64. The third-order valence-electron chi connectivity index (χ3n) is 6.34. The molecule has 1 aliphatic carbocycles. The van der Waals surface area contributed by atoms with Crippen molar-refractivity contribution < 1.29 is 4.39 Å². The fourth-order valence-corrected chi connectivity index (χ4v) is 4.48. The van der Waals surface area contributed by atoms with Gasteiger partial charge in [-0.25, -0.2) is 4.39 Å². The number of hydrogen-bond donors (Lipinski definition) is 0. The molecule has 0 saturated heterocycles. The zero-order valence-corrected chi connectivity index (χ0v) is 19.4. The van der Waals surface area contributed by atoms with Crippen LogP contribution in [0.4, 0.5) is 4.39 Å². The van der Waals surface area contributed by atoms with Gasteiger partial charge in [-0.3, -0.25) is 0 Å². The summed E-state index contributed by atoms with van der Waals surface area (Å²) in [6.45, 7) is 2.26. The van der Waals surface area contributed by atoms with Crippen LogP contribution in [-0.4, -0.2) is 0 Å². The van der Waals surface area contributed by atoms with Gasteiger partial charge >= 0.3 is 0 Å². The second-order valence-corrected chi connectivity index (χ2v) is 9.25. The molecule has 0 unspecified atom stereocenters. The Morgan fingerprint density at radius 1 is 1.00 bits per heavy atom. The summed E-state index contributed by atoms with van der Waals surface area (Å²) >= 11 is 5.79. The lowest BCUT2D eigenvalue weighted by molar-refractivity contribution is 0.296. The fraction of sp³-hybridized carbons (Fsp3) is 0.448. The molecule has 1 fully saturated rings. The predicted octanol–water partition coefficient (Wildman–Crippen LogP) is 8.75. The number of allylic oxidation sites excluding steroid dienone is 2. The van der Waals surface area contributed by atoms with Gasteiger partial charge in [0.15, 0.2) is 0 Å². The van der Waals surface area contributed by atoms with Crippen molar-refractivity contribution in [3.8, 4) is 11.8 Å². The second kappa shape index (κ2) is 12.7. The van der Waals surface area contributed by atoms with Crippen molar-refractivity contribution in [1.82, 2.24) is 0 Å². The van der Waals surface area contributed by atoms with Crippen LogP contribution in [0.1, 0.15) is 81.4 Å². The highest BCUT2D eigenvalue weighted by atomic mass is 35.5. The number of aryl methyl sites for hydroxylation is 1. The molecule has 0 aromatic heterocycles. The monoisotopic (exact) mass is 436 g/mol. The van der Waals surface area contributed by atoms with Crippen molar-refractivity contribution in [2.45, 2.75) is 71.1 Å². The molecule has 164 valence electrons. The average Bonchev–Trinajstić information content (AvgIpc) is 2.78. The summed E-state index contributed by atoms with van der Waals surface area (Å²) in [5.74, 6) is 7.23. The largest absolute Gasteiger partial charge is 0.206 e. The van der Waals surface area contributed by atoms with Crippen LogP contribution in [0, 0.1) is 29.5 Å². The summed E-state index contributed by atoms with van der Waals surface area (Å²) in [5, 5.41) is 0.389. The Morgan fingerprint density at radius 3 is 2.48 bits per heavy atom. The Hall–Kier alpha value is -2.04. The summed E-state index contributed by atoms with van der Waals surface area (Å²) in [7, 11) is 0. The standard InChI is InChI=1S/C29H34ClF/c1-2-3-4-5-6-7-23-8-10-24(11-9-23)12-13-25-14-16-26(17-15-25)18-19-27-20-21-28(30)22-29(27)31/h6-7,14-17,20-24H,2-5,8-13H2,1H3/b7-6+. The van der Waals surface area contributed by atoms with E-state index in [2.05, 4.69) is 43.0 Å². The molecule has 31 heavy (non-hydrogen) atoms. The van der Waals surface area contributed by atoms with Crippen molar-refractivity contribution in [3.05, 3.63) is 82.1 Å². The minimum absolute atomic E-state index is 0.375. The van der Waals surface area contributed by atoms with Crippen LogP contribution in [0.3, 0.4) is 0 Å². The highest BCUT2D eigenvalue weighted by Gasteiger charge is 2.19. The van der Waals surface area contributed by atoms with Gasteiger partial charge in [0.25, 0.3) is 0 Å². The van der Waals surface area contributed by atoms with Crippen molar-refractivity contribution in [1.29, 1.82) is 0 Å². The molecule has 0 atom stereocenters. The van der Waals surface area contributed by atoms with Crippen molar-refractivity contribution in [2.75, 3.05) is 0 Å². The van der Waals surface area contributed by atoms with E-state index in [1.165, 1.54) is 69.4 Å². The lowest BCUT2D eigenvalue weighted by Gasteiger charge is -2.26. The van der Waals surface area contributed by atoms with E-state index >= 15 is 0 Å². The van der Waals surface area contributed by atoms with E-state index in [1.54, 1.807) is 12.1 Å². The fourth-order valence-electron chi connectivity index (χ4n) is 4.33. The summed E-state index contributed by atoms with van der Waals surface area (Å²) in [6, 6.07) is 13.0. The molecule has 1 saturated carbocycles. The van der Waals surface area contributed by atoms with Gasteiger partial charge in [0, 0.05) is 10.6 Å². The van der Waals surface area contributed by atoms with Crippen LogP contribution < -0.4 is 0 Å². The predicted molar refractivity (Wildman–Crippen MR) is 131 cm³/mol. The minimum Gasteiger partial charge on any atom is -0.206 e. The quantitative estimate of drug-likeness (QED) is 0.220. The molecule has 0 N–H and O–H groups in total. The Labute approximate surface area is 192 Å². The highest BCUT2D eigenvalue weighted by Crippen LogP contribution is 2.32. The first-order valence-electron chi connectivity index (χ1n) is 11.9. The molecule has 1 aliphatic rings. The third-order valence-corrected chi connectivity index (χ3v) is 6.58. The van der Waals surface area contributed by atoms with E-state index in [4.69, 9.17) is 11.6 Å². The van der Waals surface area contributed by atoms with Crippen molar-refractivity contribution in [3.63, 3.8) is 0 Å². The maximum Gasteiger partial charge on any atom is 0.140 e. The number of unbranched alkanes of at least 4 members (excludes halogenated alkanes) is 3. The van der Waals surface area contributed by atoms with Crippen LogP contribution in [0.25, 0.3) is 0 Å². The number of halogens is 2. The molecule has 3 rings (SSSR count). The van der Waals surface area contributed by atoms with Gasteiger partial charge in [-0.05, 0) is 99.1 Å². The average molecular weight is 437 g/mol. The lowest BCUT2D eigenvalue weighted by Crippen LogP contribution is -2.13. The smallest absolute Gasteiger partial charge is 0.140 e. The topological polar surface area (TPSA) is 0 Å². The van der Waals surface area contributed by atoms with Crippen molar-refractivity contribution >= 4 is 11.6 Å². The first-order chi connectivity index (χ1) is 15.1. The van der Waals surface area contributed by atoms with Gasteiger partial charge in [-0.1, -0.05) is 67.5 Å². The van der Waals surface area contributed by atoms with E-state index in [9.17, 15) is 4.39 Å². The third kappa shape index (κ3) is 8.19. The molecule has 2 aromatic rings. The molecular weight excluding hydrogens is 403 g/mol. The molecule has 0 heterocycles. The van der Waals surface area contributed by atoms with Crippen LogP contribution in [-0.2, 0) is 6.42 Å². The van der Waals surface area contributed by atoms with Crippen LogP contribution >= 0.6 is 11.6 Å². The van der Waals surface area contributed by atoms with Gasteiger partial charge in [0.2, 0.25) is 0 Å². The molecule has 0 aliphatic heterocycles. The van der Waals surface area contributed by atoms with Crippen LogP contribution in [0.15, 0.2) is 54.6 Å². The molecule has 0 spiro atoms. The first-order valence-corrected chi connectivity index (χ1v) is 12.2. The Kier molecular flexibility index (Phi) is 9.70.